The first-order chi connectivity index (χ1) is 16.0. The molecule has 1 atom stereocenters. The average molecular weight is 436 g/mol. The number of aromatic nitrogens is 4. The minimum atomic E-state index is 0.00914. The third kappa shape index (κ3) is 4.20. The molecule has 0 saturated carbocycles. The molecule has 1 N–H and O–H groups in total. The molecule has 0 unspecified atom stereocenters. The summed E-state index contributed by atoms with van der Waals surface area (Å²) in [4.78, 5) is 18.2. The van der Waals surface area contributed by atoms with Gasteiger partial charge in [-0.2, -0.15) is 0 Å². The van der Waals surface area contributed by atoms with Crippen LogP contribution < -0.4 is 5.32 Å². The van der Waals surface area contributed by atoms with Gasteiger partial charge < -0.3 is 9.73 Å². The number of fused-ring (bicyclic) bond motifs is 1. The second-order valence-electron chi connectivity index (χ2n) is 8.32. The van der Waals surface area contributed by atoms with E-state index in [2.05, 4.69) is 44.3 Å². The van der Waals surface area contributed by atoms with E-state index < -0.39 is 0 Å². The van der Waals surface area contributed by atoms with Crippen molar-refractivity contribution in [3.63, 3.8) is 0 Å². The first-order valence-corrected chi connectivity index (χ1v) is 11.0. The first-order valence-electron chi connectivity index (χ1n) is 11.0. The van der Waals surface area contributed by atoms with Crippen molar-refractivity contribution in [3.05, 3.63) is 90.0 Å². The molecule has 6 nitrogen and oxygen atoms in total. The van der Waals surface area contributed by atoms with Crippen molar-refractivity contribution in [2.75, 3.05) is 5.32 Å². The summed E-state index contributed by atoms with van der Waals surface area (Å²) in [6.45, 7) is 8.11. The summed E-state index contributed by atoms with van der Waals surface area (Å²) in [5.41, 5.74) is 8.08. The number of rotatable bonds is 5. The standard InChI is InChI=1S/C27H25N5O/c1-16-15-33-26-8-7-20(10-23(16)26)25-12-27(32-19(4)31-25)30-18(3)24-11-22(14-29-17(24)2)21-6-5-9-28-13-21/h5-15,18H,1-4H3,(H,30,31,32)/t18-/m0/s1. The van der Waals surface area contributed by atoms with Gasteiger partial charge in [0, 0.05) is 52.4 Å². The highest BCUT2D eigenvalue weighted by atomic mass is 16.3. The minimum Gasteiger partial charge on any atom is -0.464 e. The van der Waals surface area contributed by atoms with E-state index in [0.29, 0.717) is 5.82 Å². The van der Waals surface area contributed by atoms with Crippen LogP contribution in [0.5, 0.6) is 0 Å². The van der Waals surface area contributed by atoms with Gasteiger partial charge >= 0.3 is 0 Å². The average Bonchev–Trinajstić information content (AvgIpc) is 3.19. The molecule has 33 heavy (non-hydrogen) atoms. The smallest absolute Gasteiger partial charge is 0.134 e. The predicted octanol–water partition coefficient (Wildman–Crippen LogP) is 6.45. The zero-order valence-corrected chi connectivity index (χ0v) is 19.1. The number of hydrogen-bond acceptors (Lipinski definition) is 6. The van der Waals surface area contributed by atoms with Crippen molar-refractivity contribution in [1.82, 2.24) is 19.9 Å². The Balaban J connectivity index is 1.46. The number of hydrogen-bond donors (Lipinski definition) is 1. The zero-order valence-electron chi connectivity index (χ0n) is 19.1. The van der Waals surface area contributed by atoms with Gasteiger partial charge in [-0.05, 0) is 69.2 Å². The number of anilines is 1. The van der Waals surface area contributed by atoms with E-state index in [-0.39, 0.29) is 6.04 Å². The van der Waals surface area contributed by atoms with Crippen LogP contribution >= 0.6 is 0 Å². The van der Waals surface area contributed by atoms with E-state index in [1.807, 2.05) is 63.5 Å². The van der Waals surface area contributed by atoms with Gasteiger partial charge in [-0.15, -0.1) is 0 Å². The topological polar surface area (TPSA) is 76.7 Å². The first kappa shape index (κ1) is 20.8. The summed E-state index contributed by atoms with van der Waals surface area (Å²) in [7, 11) is 0. The summed E-state index contributed by atoms with van der Waals surface area (Å²) in [6.07, 6.45) is 7.30. The fourth-order valence-corrected chi connectivity index (χ4v) is 4.08. The number of furan rings is 1. The van der Waals surface area contributed by atoms with Crippen LogP contribution in [0.3, 0.4) is 0 Å². The Hall–Kier alpha value is -4.06. The highest BCUT2D eigenvalue weighted by Crippen LogP contribution is 2.29. The maximum absolute atomic E-state index is 5.59. The fourth-order valence-electron chi connectivity index (χ4n) is 4.08. The van der Waals surface area contributed by atoms with Crippen molar-refractivity contribution in [3.8, 4) is 22.4 Å². The van der Waals surface area contributed by atoms with Gasteiger partial charge in [-0.25, -0.2) is 9.97 Å². The van der Waals surface area contributed by atoms with Crippen LogP contribution in [-0.4, -0.2) is 19.9 Å². The van der Waals surface area contributed by atoms with Crippen LogP contribution in [0.15, 0.2) is 71.7 Å². The molecule has 164 valence electrons. The van der Waals surface area contributed by atoms with E-state index >= 15 is 0 Å². The van der Waals surface area contributed by atoms with E-state index in [0.717, 1.165) is 56.0 Å². The lowest BCUT2D eigenvalue weighted by Crippen LogP contribution is -2.11. The lowest BCUT2D eigenvalue weighted by Gasteiger charge is -2.18. The molecule has 0 spiro atoms. The van der Waals surface area contributed by atoms with Crippen molar-refractivity contribution in [2.24, 2.45) is 0 Å². The monoisotopic (exact) mass is 435 g/mol. The van der Waals surface area contributed by atoms with Crippen LogP contribution in [0.1, 0.15) is 35.6 Å². The molecule has 0 amide bonds. The van der Waals surface area contributed by atoms with Crippen molar-refractivity contribution in [2.45, 2.75) is 33.7 Å². The summed E-state index contributed by atoms with van der Waals surface area (Å²) in [5, 5.41) is 4.64. The van der Waals surface area contributed by atoms with Gasteiger partial charge in [0.25, 0.3) is 0 Å². The molecular formula is C27H25N5O. The van der Waals surface area contributed by atoms with E-state index in [9.17, 15) is 0 Å². The summed E-state index contributed by atoms with van der Waals surface area (Å²) in [6, 6.07) is 14.3. The molecule has 6 heteroatoms. The zero-order chi connectivity index (χ0) is 22.9. The molecule has 4 aromatic heterocycles. The molecule has 0 radical (unpaired) electrons. The van der Waals surface area contributed by atoms with Crippen LogP contribution in [-0.2, 0) is 0 Å². The molecule has 0 aliphatic rings. The molecule has 0 aliphatic heterocycles. The van der Waals surface area contributed by atoms with Gasteiger partial charge in [0.2, 0.25) is 0 Å². The highest BCUT2D eigenvalue weighted by molar-refractivity contribution is 5.85. The Morgan fingerprint density at radius 1 is 0.909 bits per heavy atom. The van der Waals surface area contributed by atoms with E-state index in [1.54, 1.807) is 12.5 Å². The Morgan fingerprint density at radius 2 is 1.79 bits per heavy atom. The van der Waals surface area contributed by atoms with Crippen LogP contribution in [0.4, 0.5) is 5.82 Å². The third-order valence-electron chi connectivity index (χ3n) is 5.85. The SMILES string of the molecule is Cc1nc(N[C@@H](C)c2cc(-c3cccnc3)cnc2C)cc(-c2ccc3occ(C)c3c2)n1. The van der Waals surface area contributed by atoms with Crippen LogP contribution in [0, 0.1) is 20.8 Å². The second kappa shape index (κ2) is 8.47. The van der Waals surface area contributed by atoms with Gasteiger partial charge in [0.05, 0.1) is 18.0 Å². The largest absolute Gasteiger partial charge is 0.464 e. The van der Waals surface area contributed by atoms with Crippen LogP contribution in [0.2, 0.25) is 0 Å². The van der Waals surface area contributed by atoms with Gasteiger partial charge in [0.15, 0.2) is 0 Å². The maximum atomic E-state index is 5.59. The number of benzene rings is 1. The third-order valence-corrected chi connectivity index (χ3v) is 5.85. The molecule has 0 fully saturated rings. The summed E-state index contributed by atoms with van der Waals surface area (Å²) >= 11 is 0. The van der Waals surface area contributed by atoms with E-state index in [1.165, 1.54) is 0 Å². The predicted molar refractivity (Wildman–Crippen MR) is 131 cm³/mol. The number of nitrogens with zero attached hydrogens (tertiary/aromatic N) is 4. The lowest BCUT2D eigenvalue weighted by atomic mass is 10.0. The normalized spacial score (nSPS) is 12.1. The molecule has 1 aromatic carbocycles. The maximum Gasteiger partial charge on any atom is 0.134 e. The molecule has 4 heterocycles. The quantitative estimate of drug-likeness (QED) is 0.342. The van der Waals surface area contributed by atoms with Crippen molar-refractivity contribution < 1.29 is 4.42 Å². The molecular weight excluding hydrogens is 410 g/mol. The van der Waals surface area contributed by atoms with Gasteiger partial charge in [-0.3, -0.25) is 9.97 Å². The minimum absolute atomic E-state index is 0.00914. The molecule has 0 saturated heterocycles. The Bertz CT molecular complexity index is 1440. The Morgan fingerprint density at radius 3 is 2.61 bits per heavy atom. The second-order valence-corrected chi connectivity index (χ2v) is 8.32. The Kier molecular flexibility index (Phi) is 5.34. The molecule has 5 aromatic rings. The van der Waals surface area contributed by atoms with E-state index in [4.69, 9.17) is 4.42 Å². The number of nitrogens with one attached hydrogen (secondary N) is 1. The molecule has 0 aliphatic carbocycles. The van der Waals surface area contributed by atoms with Gasteiger partial charge in [0.1, 0.15) is 17.2 Å². The summed E-state index contributed by atoms with van der Waals surface area (Å²) in [5.74, 6) is 1.49. The Labute approximate surface area is 192 Å². The fraction of sp³-hybridized carbons (Fsp3) is 0.185. The van der Waals surface area contributed by atoms with Gasteiger partial charge in [-0.1, -0.05) is 6.07 Å². The summed E-state index contributed by atoms with van der Waals surface area (Å²) < 4.78 is 5.59. The number of pyridine rings is 2. The lowest BCUT2D eigenvalue weighted by molar-refractivity contribution is 0.613. The van der Waals surface area contributed by atoms with Crippen molar-refractivity contribution in [1.29, 1.82) is 0 Å². The van der Waals surface area contributed by atoms with Crippen LogP contribution in [0.25, 0.3) is 33.4 Å². The molecule has 0 bridgehead atoms. The number of aryl methyl sites for hydroxylation is 3. The highest BCUT2D eigenvalue weighted by Gasteiger charge is 2.14. The molecule has 5 rings (SSSR count). The van der Waals surface area contributed by atoms with Crippen molar-refractivity contribution >= 4 is 16.8 Å².